The Morgan fingerprint density at radius 2 is 2.05 bits per heavy atom. The second-order valence-electron chi connectivity index (χ2n) is 4.85. The van der Waals surface area contributed by atoms with Crippen LogP contribution in [-0.4, -0.2) is 29.1 Å². The summed E-state index contributed by atoms with van der Waals surface area (Å²) >= 11 is 0. The number of aryl methyl sites for hydroxylation is 1. The molecule has 0 saturated heterocycles. The van der Waals surface area contributed by atoms with Gasteiger partial charge >= 0.3 is 5.97 Å². The Bertz CT molecular complexity index is 587. The minimum atomic E-state index is -0.483. The van der Waals surface area contributed by atoms with Gasteiger partial charge in [0, 0.05) is 6.04 Å². The number of carbonyl (C=O) groups is 1. The van der Waals surface area contributed by atoms with Crippen molar-refractivity contribution in [3.05, 3.63) is 54.0 Å². The number of carbonyl (C=O) groups excluding carboxylic acids is 1. The fourth-order valence-electron chi connectivity index (χ4n) is 1.99. The van der Waals surface area contributed by atoms with E-state index in [0.29, 0.717) is 5.82 Å². The normalized spacial score (nSPS) is 11.7. The number of benzene rings is 1. The Morgan fingerprint density at radius 3 is 2.76 bits per heavy atom. The van der Waals surface area contributed by atoms with Crippen molar-refractivity contribution >= 4 is 11.8 Å². The number of methoxy groups -OCH3 is 1. The molecule has 1 aromatic carbocycles. The van der Waals surface area contributed by atoms with E-state index >= 15 is 0 Å². The van der Waals surface area contributed by atoms with Crippen molar-refractivity contribution in [1.82, 2.24) is 9.97 Å². The number of esters is 1. The van der Waals surface area contributed by atoms with Gasteiger partial charge in [0.15, 0.2) is 5.69 Å². The molecule has 2 rings (SSSR count). The second-order valence-corrected chi connectivity index (χ2v) is 4.85. The molecule has 1 unspecified atom stereocenters. The predicted molar refractivity (Wildman–Crippen MR) is 81.2 cm³/mol. The highest BCUT2D eigenvalue weighted by Gasteiger charge is 2.10. The highest BCUT2D eigenvalue weighted by Crippen LogP contribution is 2.10. The van der Waals surface area contributed by atoms with Crippen LogP contribution in [0.5, 0.6) is 0 Å². The van der Waals surface area contributed by atoms with Crippen LogP contribution in [0.25, 0.3) is 0 Å². The molecule has 1 atom stereocenters. The van der Waals surface area contributed by atoms with Gasteiger partial charge in [0.25, 0.3) is 0 Å². The quantitative estimate of drug-likeness (QED) is 0.827. The molecular formula is C16H19N3O2. The van der Waals surface area contributed by atoms with Gasteiger partial charge in [-0.1, -0.05) is 30.3 Å². The third-order valence-corrected chi connectivity index (χ3v) is 3.13. The van der Waals surface area contributed by atoms with E-state index in [2.05, 4.69) is 39.1 Å². The number of hydrogen-bond donors (Lipinski definition) is 1. The first-order chi connectivity index (χ1) is 10.2. The maximum Gasteiger partial charge on any atom is 0.358 e. The van der Waals surface area contributed by atoms with Crippen molar-refractivity contribution in [3.63, 3.8) is 0 Å². The Morgan fingerprint density at radius 1 is 1.29 bits per heavy atom. The van der Waals surface area contributed by atoms with E-state index < -0.39 is 5.97 Å². The lowest BCUT2D eigenvalue weighted by atomic mass is 10.1. The Hall–Kier alpha value is -2.43. The van der Waals surface area contributed by atoms with Crippen LogP contribution in [0, 0.1) is 0 Å². The van der Waals surface area contributed by atoms with Crippen molar-refractivity contribution in [2.75, 3.05) is 12.4 Å². The van der Waals surface area contributed by atoms with E-state index in [-0.39, 0.29) is 11.7 Å². The summed E-state index contributed by atoms with van der Waals surface area (Å²) in [5.41, 5.74) is 1.51. The molecule has 2 aromatic rings. The average molecular weight is 285 g/mol. The van der Waals surface area contributed by atoms with Gasteiger partial charge in [-0.25, -0.2) is 9.78 Å². The lowest BCUT2D eigenvalue weighted by Gasteiger charge is -2.14. The van der Waals surface area contributed by atoms with Gasteiger partial charge in [0.05, 0.1) is 19.5 Å². The monoisotopic (exact) mass is 285 g/mol. The van der Waals surface area contributed by atoms with E-state index in [1.807, 2.05) is 18.2 Å². The summed E-state index contributed by atoms with van der Waals surface area (Å²) in [5, 5.41) is 3.25. The molecule has 5 heteroatoms. The van der Waals surface area contributed by atoms with Crippen LogP contribution in [0.4, 0.5) is 5.82 Å². The van der Waals surface area contributed by atoms with Gasteiger partial charge in [-0.2, -0.15) is 0 Å². The number of hydrogen-bond acceptors (Lipinski definition) is 5. The summed E-state index contributed by atoms with van der Waals surface area (Å²) in [7, 11) is 1.33. The van der Waals surface area contributed by atoms with Gasteiger partial charge in [-0.3, -0.25) is 4.98 Å². The van der Waals surface area contributed by atoms with E-state index in [4.69, 9.17) is 0 Å². The molecule has 1 heterocycles. The van der Waals surface area contributed by atoms with Crippen LogP contribution in [0.1, 0.15) is 29.4 Å². The molecule has 0 aliphatic rings. The number of rotatable bonds is 6. The van der Waals surface area contributed by atoms with E-state index in [0.717, 1.165) is 12.8 Å². The van der Waals surface area contributed by atoms with Crippen LogP contribution in [0.15, 0.2) is 42.7 Å². The molecule has 0 amide bonds. The number of aromatic nitrogens is 2. The summed E-state index contributed by atoms with van der Waals surface area (Å²) < 4.78 is 4.63. The smallest absolute Gasteiger partial charge is 0.358 e. The molecule has 1 N–H and O–H groups in total. The predicted octanol–water partition coefficient (Wildman–Crippen LogP) is 2.70. The lowest BCUT2D eigenvalue weighted by molar-refractivity contribution is 0.0593. The maximum atomic E-state index is 11.4. The molecule has 21 heavy (non-hydrogen) atoms. The third-order valence-electron chi connectivity index (χ3n) is 3.13. The van der Waals surface area contributed by atoms with Crippen molar-refractivity contribution in [1.29, 1.82) is 0 Å². The van der Waals surface area contributed by atoms with Crippen LogP contribution < -0.4 is 5.32 Å². The zero-order chi connectivity index (χ0) is 15.1. The standard InChI is InChI=1S/C16H19N3O2/c1-12(8-9-13-6-4-3-5-7-13)18-15-11-17-10-14(19-15)16(20)21-2/h3-7,10-12H,8-9H2,1-2H3,(H,18,19). The molecule has 0 aliphatic carbocycles. The summed E-state index contributed by atoms with van der Waals surface area (Å²) in [6.07, 6.45) is 4.95. The number of nitrogens with one attached hydrogen (secondary N) is 1. The molecule has 0 saturated carbocycles. The third kappa shape index (κ3) is 4.56. The summed E-state index contributed by atoms with van der Waals surface area (Å²) in [6.45, 7) is 2.08. The number of ether oxygens (including phenoxy) is 1. The van der Waals surface area contributed by atoms with E-state index in [9.17, 15) is 4.79 Å². The van der Waals surface area contributed by atoms with Crippen molar-refractivity contribution in [2.24, 2.45) is 0 Å². The minimum absolute atomic E-state index is 0.206. The van der Waals surface area contributed by atoms with Crippen LogP contribution in [-0.2, 0) is 11.2 Å². The Kier molecular flexibility index (Phi) is 5.26. The summed E-state index contributed by atoms with van der Waals surface area (Å²) in [4.78, 5) is 19.6. The van der Waals surface area contributed by atoms with Crippen LogP contribution in [0.2, 0.25) is 0 Å². The fourth-order valence-corrected chi connectivity index (χ4v) is 1.99. The van der Waals surface area contributed by atoms with Gasteiger partial charge in [0.2, 0.25) is 0 Å². The van der Waals surface area contributed by atoms with Gasteiger partial charge in [-0.05, 0) is 25.3 Å². The number of anilines is 1. The zero-order valence-electron chi connectivity index (χ0n) is 12.2. The Balaban J connectivity index is 1.90. The van der Waals surface area contributed by atoms with Gasteiger partial charge in [0.1, 0.15) is 5.82 Å². The molecular weight excluding hydrogens is 266 g/mol. The molecule has 0 aliphatic heterocycles. The fraction of sp³-hybridized carbons (Fsp3) is 0.312. The van der Waals surface area contributed by atoms with Crippen LogP contribution in [0.3, 0.4) is 0 Å². The highest BCUT2D eigenvalue weighted by molar-refractivity contribution is 5.87. The SMILES string of the molecule is COC(=O)c1cncc(NC(C)CCc2ccccc2)n1. The summed E-state index contributed by atoms with van der Waals surface area (Å²) in [6, 6.07) is 10.6. The molecule has 0 bridgehead atoms. The molecule has 0 radical (unpaired) electrons. The van der Waals surface area contributed by atoms with Crippen molar-refractivity contribution in [3.8, 4) is 0 Å². The molecule has 110 valence electrons. The zero-order valence-corrected chi connectivity index (χ0v) is 12.2. The molecule has 0 spiro atoms. The molecule has 0 fully saturated rings. The largest absolute Gasteiger partial charge is 0.464 e. The first-order valence-electron chi connectivity index (χ1n) is 6.90. The lowest BCUT2D eigenvalue weighted by Crippen LogP contribution is -2.18. The first kappa shape index (κ1) is 15.0. The average Bonchev–Trinajstić information content (AvgIpc) is 2.53. The van der Waals surface area contributed by atoms with Gasteiger partial charge < -0.3 is 10.1 Å². The maximum absolute atomic E-state index is 11.4. The van der Waals surface area contributed by atoms with Crippen LogP contribution >= 0.6 is 0 Å². The minimum Gasteiger partial charge on any atom is -0.464 e. The van der Waals surface area contributed by atoms with Crippen molar-refractivity contribution < 1.29 is 9.53 Å². The topological polar surface area (TPSA) is 64.1 Å². The second kappa shape index (κ2) is 7.38. The van der Waals surface area contributed by atoms with E-state index in [1.165, 1.54) is 18.9 Å². The number of nitrogens with zero attached hydrogens (tertiary/aromatic N) is 2. The van der Waals surface area contributed by atoms with Crippen molar-refractivity contribution in [2.45, 2.75) is 25.8 Å². The highest BCUT2D eigenvalue weighted by atomic mass is 16.5. The Labute approximate surface area is 124 Å². The summed E-state index contributed by atoms with van der Waals surface area (Å²) in [5.74, 6) is 0.0987. The van der Waals surface area contributed by atoms with Gasteiger partial charge in [-0.15, -0.1) is 0 Å². The van der Waals surface area contributed by atoms with E-state index in [1.54, 1.807) is 6.20 Å². The first-order valence-corrected chi connectivity index (χ1v) is 6.90. The molecule has 5 nitrogen and oxygen atoms in total. The molecule has 1 aromatic heterocycles.